The summed E-state index contributed by atoms with van der Waals surface area (Å²) in [7, 11) is 1.59. The Morgan fingerprint density at radius 3 is 2.93 bits per heavy atom. The lowest BCUT2D eigenvalue weighted by atomic mass is 10.2. The zero-order valence-corrected chi connectivity index (χ0v) is 16.7. The summed E-state index contributed by atoms with van der Waals surface area (Å²) >= 11 is 6.02. The molecule has 150 valence electrons. The number of hydrogen-bond acceptors (Lipinski definition) is 6. The van der Waals surface area contributed by atoms with Crippen LogP contribution in [-0.2, 0) is 4.79 Å². The minimum Gasteiger partial charge on any atom is -0.495 e. The molecule has 1 aliphatic rings. The molecule has 0 aliphatic heterocycles. The highest BCUT2D eigenvalue weighted by molar-refractivity contribution is 6.30. The van der Waals surface area contributed by atoms with Crippen molar-refractivity contribution in [2.24, 2.45) is 0 Å². The van der Waals surface area contributed by atoms with Crippen molar-refractivity contribution in [1.29, 1.82) is 0 Å². The minimum absolute atomic E-state index is 0.0996. The van der Waals surface area contributed by atoms with E-state index < -0.39 is 0 Å². The van der Waals surface area contributed by atoms with E-state index in [0.717, 1.165) is 29.9 Å². The van der Waals surface area contributed by atoms with Gasteiger partial charge >= 0.3 is 0 Å². The van der Waals surface area contributed by atoms with Gasteiger partial charge in [-0.2, -0.15) is 0 Å². The number of aromatic nitrogens is 4. The molecule has 0 atom stereocenters. The van der Waals surface area contributed by atoms with Crippen LogP contribution in [0.25, 0.3) is 11.4 Å². The Balaban J connectivity index is 1.35. The van der Waals surface area contributed by atoms with Crippen molar-refractivity contribution >= 4 is 28.9 Å². The quantitative estimate of drug-likeness (QED) is 0.584. The molecule has 1 heterocycles. The van der Waals surface area contributed by atoms with Crippen LogP contribution < -0.4 is 15.4 Å². The first-order valence-corrected chi connectivity index (χ1v) is 9.77. The predicted molar refractivity (Wildman–Crippen MR) is 111 cm³/mol. The van der Waals surface area contributed by atoms with Gasteiger partial charge in [0.1, 0.15) is 5.75 Å². The maximum absolute atomic E-state index is 12.4. The molecule has 4 rings (SSSR count). The van der Waals surface area contributed by atoms with Crippen molar-refractivity contribution in [3.63, 3.8) is 0 Å². The normalized spacial score (nSPS) is 13.2. The van der Waals surface area contributed by atoms with Crippen LogP contribution >= 0.6 is 11.6 Å². The van der Waals surface area contributed by atoms with E-state index in [0.29, 0.717) is 35.5 Å². The van der Waals surface area contributed by atoms with Crippen LogP contribution in [0.2, 0.25) is 5.02 Å². The first kappa shape index (κ1) is 19.2. The number of carbonyl (C=O) groups excluding carboxylic acids is 1. The Labute approximate surface area is 173 Å². The second-order valence-electron chi connectivity index (χ2n) is 6.83. The Morgan fingerprint density at radius 1 is 1.28 bits per heavy atom. The molecule has 0 unspecified atom stereocenters. The lowest BCUT2D eigenvalue weighted by Gasteiger charge is -2.12. The van der Waals surface area contributed by atoms with Gasteiger partial charge in [-0.15, -0.1) is 5.10 Å². The first-order chi connectivity index (χ1) is 14.1. The van der Waals surface area contributed by atoms with Crippen LogP contribution in [0.15, 0.2) is 42.5 Å². The molecule has 29 heavy (non-hydrogen) atoms. The molecule has 1 aliphatic carbocycles. The third-order valence-electron chi connectivity index (χ3n) is 4.62. The third-order valence-corrected chi connectivity index (χ3v) is 4.85. The molecule has 2 N–H and O–H groups in total. The molecule has 0 radical (unpaired) electrons. The second-order valence-corrected chi connectivity index (χ2v) is 7.27. The van der Waals surface area contributed by atoms with E-state index in [9.17, 15) is 4.79 Å². The van der Waals surface area contributed by atoms with Crippen LogP contribution in [0.3, 0.4) is 0 Å². The zero-order chi connectivity index (χ0) is 20.2. The fourth-order valence-electron chi connectivity index (χ4n) is 3.04. The summed E-state index contributed by atoms with van der Waals surface area (Å²) < 4.78 is 7.14. The number of rotatable bonds is 8. The average molecular weight is 413 g/mol. The summed E-state index contributed by atoms with van der Waals surface area (Å²) in [6.07, 6.45) is 2.48. The second kappa shape index (κ2) is 8.48. The van der Waals surface area contributed by atoms with Gasteiger partial charge in [-0.3, -0.25) is 4.79 Å². The summed E-state index contributed by atoms with van der Waals surface area (Å²) in [4.78, 5) is 12.4. The van der Waals surface area contributed by atoms with E-state index in [2.05, 4.69) is 26.2 Å². The number of halogens is 1. The van der Waals surface area contributed by atoms with Crippen LogP contribution in [0.4, 0.5) is 11.4 Å². The lowest BCUT2D eigenvalue weighted by molar-refractivity contribution is -0.115. The van der Waals surface area contributed by atoms with E-state index in [1.165, 1.54) is 0 Å². The summed E-state index contributed by atoms with van der Waals surface area (Å²) in [5, 5.41) is 18.7. The van der Waals surface area contributed by atoms with E-state index >= 15 is 0 Å². The summed E-state index contributed by atoms with van der Waals surface area (Å²) in [6, 6.07) is 13.2. The van der Waals surface area contributed by atoms with Crippen molar-refractivity contribution < 1.29 is 9.53 Å². The molecule has 0 spiro atoms. The lowest BCUT2D eigenvalue weighted by Crippen LogP contribution is -2.16. The zero-order valence-electron chi connectivity index (χ0n) is 15.9. The molecule has 1 aromatic heterocycles. The van der Waals surface area contributed by atoms with Gasteiger partial charge < -0.3 is 15.4 Å². The Kier molecular flexibility index (Phi) is 5.62. The number of anilines is 2. The van der Waals surface area contributed by atoms with E-state index in [1.54, 1.807) is 25.3 Å². The Morgan fingerprint density at radius 2 is 2.14 bits per heavy atom. The number of nitrogens with one attached hydrogen (secondary N) is 2. The number of hydrogen-bond donors (Lipinski definition) is 2. The minimum atomic E-state index is -0.0996. The average Bonchev–Trinajstić information content (AvgIpc) is 3.44. The largest absolute Gasteiger partial charge is 0.495 e. The van der Waals surface area contributed by atoms with Gasteiger partial charge in [-0.1, -0.05) is 23.7 Å². The Hall–Kier alpha value is -3.13. The molecule has 1 amide bonds. The number of tetrazole rings is 1. The number of ether oxygens (including phenoxy) is 1. The third kappa shape index (κ3) is 4.65. The van der Waals surface area contributed by atoms with E-state index in [4.69, 9.17) is 16.3 Å². The van der Waals surface area contributed by atoms with Crippen molar-refractivity contribution in [3.05, 3.63) is 47.5 Å². The molecule has 2 aromatic carbocycles. The first-order valence-electron chi connectivity index (χ1n) is 9.39. The van der Waals surface area contributed by atoms with Gasteiger partial charge in [0.05, 0.1) is 18.8 Å². The number of methoxy groups -OCH3 is 1. The molecule has 3 aromatic rings. The summed E-state index contributed by atoms with van der Waals surface area (Å²) in [5.41, 5.74) is 2.33. The van der Waals surface area contributed by atoms with Crippen molar-refractivity contribution in [1.82, 2.24) is 20.2 Å². The molecular formula is C20H21ClN6O2. The van der Waals surface area contributed by atoms with Crippen LogP contribution in [0.5, 0.6) is 5.75 Å². The van der Waals surface area contributed by atoms with E-state index in [-0.39, 0.29) is 5.91 Å². The standard InChI is InChI=1S/C20H21ClN6O2/c1-29-18-8-5-14(21)12-17(18)22-10-9-19(28)23-15-4-2-3-13(11-15)20-24-25-26-27(20)16-6-7-16/h2-5,8,11-12,16,22H,6-7,9-10H2,1H3,(H,23,28). The van der Waals surface area contributed by atoms with Crippen molar-refractivity contribution in [2.75, 3.05) is 24.3 Å². The molecule has 8 nitrogen and oxygen atoms in total. The molecule has 9 heteroatoms. The fourth-order valence-corrected chi connectivity index (χ4v) is 3.21. The highest BCUT2D eigenvalue weighted by Gasteiger charge is 2.28. The van der Waals surface area contributed by atoms with Crippen LogP contribution in [0.1, 0.15) is 25.3 Å². The van der Waals surface area contributed by atoms with Crippen LogP contribution in [-0.4, -0.2) is 39.8 Å². The number of carbonyl (C=O) groups is 1. The van der Waals surface area contributed by atoms with Crippen molar-refractivity contribution in [2.45, 2.75) is 25.3 Å². The SMILES string of the molecule is COc1ccc(Cl)cc1NCCC(=O)Nc1cccc(-c2nnnn2C2CC2)c1. The smallest absolute Gasteiger partial charge is 0.226 e. The number of amides is 1. The highest BCUT2D eigenvalue weighted by Crippen LogP contribution is 2.36. The predicted octanol–water partition coefficient (Wildman–Crippen LogP) is 3.78. The molecule has 0 bridgehead atoms. The maximum Gasteiger partial charge on any atom is 0.226 e. The van der Waals surface area contributed by atoms with E-state index in [1.807, 2.05) is 28.9 Å². The van der Waals surface area contributed by atoms with Gasteiger partial charge in [-0.25, -0.2) is 4.68 Å². The maximum atomic E-state index is 12.4. The number of benzene rings is 2. The van der Waals surface area contributed by atoms with Crippen molar-refractivity contribution in [3.8, 4) is 17.1 Å². The molecular weight excluding hydrogens is 392 g/mol. The Bertz CT molecular complexity index is 1020. The number of nitrogens with zero attached hydrogens (tertiary/aromatic N) is 4. The van der Waals surface area contributed by atoms with Gasteiger partial charge in [0.2, 0.25) is 5.91 Å². The summed E-state index contributed by atoms with van der Waals surface area (Å²) in [5.74, 6) is 1.30. The topological polar surface area (TPSA) is 94.0 Å². The van der Waals surface area contributed by atoms with Gasteiger partial charge in [-0.05, 0) is 53.6 Å². The fraction of sp³-hybridized carbons (Fsp3) is 0.300. The summed E-state index contributed by atoms with van der Waals surface area (Å²) in [6.45, 7) is 0.447. The van der Waals surface area contributed by atoms with Gasteiger partial charge in [0.15, 0.2) is 5.82 Å². The molecule has 1 fully saturated rings. The molecule has 0 saturated heterocycles. The highest BCUT2D eigenvalue weighted by atomic mass is 35.5. The van der Waals surface area contributed by atoms with Gasteiger partial charge in [0, 0.05) is 29.2 Å². The van der Waals surface area contributed by atoms with Gasteiger partial charge in [0.25, 0.3) is 0 Å². The molecule has 1 saturated carbocycles. The van der Waals surface area contributed by atoms with Crippen LogP contribution in [0, 0.1) is 0 Å². The monoisotopic (exact) mass is 412 g/mol.